The highest BCUT2D eigenvalue weighted by Crippen LogP contribution is 2.17. The summed E-state index contributed by atoms with van der Waals surface area (Å²) >= 11 is 0. The number of nitrogens with one attached hydrogen (secondary N) is 1. The molecular weight excluding hydrogens is 176 g/mol. The molecule has 14 heavy (non-hydrogen) atoms. The van der Waals surface area contributed by atoms with Gasteiger partial charge >= 0.3 is 0 Å². The summed E-state index contributed by atoms with van der Waals surface area (Å²) < 4.78 is 0. The van der Waals surface area contributed by atoms with Crippen molar-refractivity contribution in [2.24, 2.45) is 0 Å². The van der Waals surface area contributed by atoms with E-state index in [2.05, 4.69) is 24.1 Å². The molecule has 0 saturated heterocycles. The second-order valence-corrected chi connectivity index (χ2v) is 4.18. The Bertz CT molecular complexity index is 144. The van der Waals surface area contributed by atoms with Crippen molar-refractivity contribution < 1.29 is 5.11 Å². The molecule has 1 fully saturated rings. The molecule has 0 heterocycles. The van der Waals surface area contributed by atoms with E-state index in [0.717, 1.165) is 26.2 Å². The lowest BCUT2D eigenvalue weighted by molar-refractivity contribution is 0.110. The zero-order valence-electron chi connectivity index (χ0n) is 9.50. The number of rotatable bonds is 7. The molecule has 0 bridgehead atoms. The summed E-state index contributed by atoms with van der Waals surface area (Å²) in [6.45, 7) is 7.87. The van der Waals surface area contributed by atoms with Gasteiger partial charge in [-0.1, -0.05) is 20.3 Å². The van der Waals surface area contributed by atoms with Crippen molar-refractivity contribution >= 4 is 0 Å². The van der Waals surface area contributed by atoms with Crippen LogP contribution in [0.1, 0.15) is 33.1 Å². The fourth-order valence-corrected chi connectivity index (χ4v) is 1.76. The fourth-order valence-electron chi connectivity index (χ4n) is 1.76. The molecule has 1 rings (SSSR count). The Morgan fingerprint density at radius 2 is 2.00 bits per heavy atom. The summed E-state index contributed by atoms with van der Waals surface area (Å²) in [5, 5.41) is 13.1. The standard InChI is InChI=1S/C11H24N2O/c1-3-13(4-2)9-11(14)8-12-10-6-5-7-10/h10-12,14H,3-9H2,1-2H3. The van der Waals surface area contributed by atoms with Crippen LogP contribution in [0.5, 0.6) is 0 Å². The van der Waals surface area contributed by atoms with Gasteiger partial charge in [0, 0.05) is 19.1 Å². The molecule has 2 N–H and O–H groups in total. The third-order valence-corrected chi connectivity index (χ3v) is 3.11. The van der Waals surface area contributed by atoms with Gasteiger partial charge in [-0.05, 0) is 25.9 Å². The second-order valence-electron chi connectivity index (χ2n) is 4.18. The van der Waals surface area contributed by atoms with Gasteiger partial charge in [-0.15, -0.1) is 0 Å². The Kier molecular flexibility index (Phi) is 5.45. The van der Waals surface area contributed by atoms with Gasteiger partial charge < -0.3 is 15.3 Å². The van der Waals surface area contributed by atoms with Gasteiger partial charge in [0.25, 0.3) is 0 Å². The normalized spacial score (nSPS) is 19.7. The second kappa shape index (κ2) is 6.38. The molecule has 0 aromatic rings. The average molecular weight is 200 g/mol. The maximum Gasteiger partial charge on any atom is 0.0791 e. The lowest BCUT2D eigenvalue weighted by Crippen LogP contribution is -2.43. The Morgan fingerprint density at radius 3 is 2.43 bits per heavy atom. The molecule has 1 aliphatic rings. The van der Waals surface area contributed by atoms with Crippen LogP contribution < -0.4 is 5.32 Å². The number of hydrogen-bond donors (Lipinski definition) is 2. The minimum atomic E-state index is -0.212. The van der Waals surface area contributed by atoms with Gasteiger partial charge in [-0.25, -0.2) is 0 Å². The topological polar surface area (TPSA) is 35.5 Å². The molecule has 84 valence electrons. The van der Waals surface area contributed by atoms with Crippen LogP contribution in [-0.2, 0) is 0 Å². The van der Waals surface area contributed by atoms with E-state index in [0.29, 0.717) is 6.04 Å². The first kappa shape index (κ1) is 12.0. The van der Waals surface area contributed by atoms with Gasteiger partial charge in [-0.2, -0.15) is 0 Å². The van der Waals surface area contributed by atoms with Crippen molar-refractivity contribution in [2.45, 2.75) is 45.3 Å². The maximum absolute atomic E-state index is 9.75. The number of aliphatic hydroxyl groups is 1. The van der Waals surface area contributed by atoms with Crippen LogP contribution in [0, 0.1) is 0 Å². The van der Waals surface area contributed by atoms with Crippen LogP contribution in [-0.4, -0.2) is 48.3 Å². The molecule has 1 saturated carbocycles. The lowest BCUT2D eigenvalue weighted by Gasteiger charge is -2.29. The van der Waals surface area contributed by atoms with E-state index in [9.17, 15) is 5.11 Å². The molecule has 0 aromatic heterocycles. The molecule has 1 unspecified atom stereocenters. The number of likely N-dealkylation sites (N-methyl/N-ethyl adjacent to an activating group) is 1. The fraction of sp³-hybridized carbons (Fsp3) is 1.00. The van der Waals surface area contributed by atoms with Crippen LogP contribution in [0.3, 0.4) is 0 Å². The Hall–Kier alpha value is -0.120. The summed E-state index contributed by atoms with van der Waals surface area (Å²) in [6, 6.07) is 0.682. The minimum Gasteiger partial charge on any atom is -0.390 e. The highest BCUT2D eigenvalue weighted by molar-refractivity contribution is 4.78. The van der Waals surface area contributed by atoms with Crippen LogP contribution >= 0.6 is 0 Å². The van der Waals surface area contributed by atoms with Crippen LogP contribution in [0.15, 0.2) is 0 Å². The number of hydrogen-bond acceptors (Lipinski definition) is 3. The van der Waals surface area contributed by atoms with Crippen molar-refractivity contribution in [1.29, 1.82) is 0 Å². The summed E-state index contributed by atoms with van der Waals surface area (Å²) in [5.74, 6) is 0. The maximum atomic E-state index is 9.75. The molecule has 0 spiro atoms. The predicted molar refractivity (Wildman–Crippen MR) is 59.4 cm³/mol. The van der Waals surface area contributed by atoms with Crippen LogP contribution in [0.25, 0.3) is 0 Å². The van der Waals surface area contributed by atoms with Gasteiger partial charge in [0.2, 0.25) is 0 Å². The first-order chi connectivity index (χ1) is 6.76. The van der Waals surface area contributed by atoms with Gasteiger partial charge in [0.1, 0.15) is 0 Å². The zero-order chi connectivity index (χ0) is 10.4. The molecule has 0 amide bonds. The molecule has 0 aliphatic heterocycles. The average Bonchev–Trinajstić information content (AvgIpc) is 2.11. The molecular formula is C11H24N2O. The quantitative estimate of drug-likeness (QED) is 0.639. The first-order valence-corrected chi connectivity index (χ1v) is 5.90. The van der Waals surface area contributed by atoms with Crippen molar-refractivity contribution in [3.63, 3.8) is 0 Å². The molecule has 1 aliphatic carbocycles. The van der Waals surface area contributed by atoms with E-state index in [1.165, 1.54) is 19.3 Å². The van der Waals surface area contributed by atoms with Crippen molar-refractivity contribution in [1.82, 2.24) is 10.2 Å². The summed E-state index contributed by atoms with van der Waals surface area (Å²) in [4.78, 5) is 2.26. The van der Waals surface area contributed by atoms with E-state index in [4.69, 9.17) is 0 Å². The third-order valence-electron chi connectivity index (χ3n) is 3.11. The predicted octanol–water partition coefficient (Wildman–Crippen LogP) is 0.831. The molecule has 0 aromatic carbocycles. The van der Waals surface area contributed by atoms with E-state index >= 15 is 0 Å². The van der Waals surface area contributed by atoms with Crippen molar-refractivity contribution in [3.8, 4) is 0 Å². The first-order valence-electron chi connectivity index (χ1n) is 5.90. The number of aliphatic hydroxyl groups excluding tert-OH is 1. The summed E-state index contributed by atoms with van der Waals surface area (Å²) in [7, 11) is 0. The minimum absolute atomic E-state index is 0.212. The highest BCUT2D eigenvalue weighted by Gasteiger charge is 2.18. The van der Waals surface area contributed by atoms with E-state index in [1.54, 1.807) is 0 Å². The number of nitrogens with zero attached hydrogens (tertiary/aromatic N) is 1. The van der Waals surface area contributed by atoms with Crippen LogP contribution in [0.4, 0.5) is 0 Å². The summed E-state index contributed by atoms with van der Waals surface area (Å²) in [6.07, 6.45) is 3.72. The molecule has 3 nitrogen and oxygen atoms in total. The van der Waals surface area contributed by atoms with Gasteiger partial charge in [0.05, 0.1) is 6.10 Å². The van der Waals surface area contributed by atoms with Gasteiger partial charge in [-0.3, -0.25) is 0 Å². The van der Waals surface area contributed by atoms with Crippen molar-refractivity contribution in [3.05, 3.63) is 0 Å². The van der Waals surface area contributed by atoms with E-state index in [-0.39, 0.29) is 6.10 Å². The van der Waals surface area contributed by atoms with Crippen LogP contribution in [0.2, 0.25) is 0 Å². The SMILES string of the molecule is CCN(CC)CC(O)CNC1CCC1. The molecule has 3 heteroatoms. The third kappa shape index (κ3) is 3.95. The largest absolute Gasteiger partial charge is 0.390 e. The Balaban J connectivity index is 2.04. The zero-order valence-corrected chi connectivity index (χ0v) is 9.50. The summed E-state index contributed by atoms with van der Waals surface area (Å²) in [5.41, 5.74) is 0. The van der Waals surface area contributed by atoms with Gasteiger partial charge in [0.15, 0.2) is 0 Å². The van der Waals surface area contributed by atoms with E-state index in [1.807, 2.05) is 0 Å². The lowest BCUT2D eigenvalue weighted by atomic mass is 9.93. The monoisotopic (exact) mass is 200 g/mol. The smallest absolute Gasteiger partial charge is 0.0791 e. The van der Waals surface area contributed by atoms with E-state index < -0.39 is 0 Å². The Morgan fingerprint density at radius 1 is 1.36 bits per heavy atom. The van der Waals surface area contributed by atoms with Crippen molar-refractivity contribution in [2.75, 3.05) is 26.2 Å². The molecule has 1 atom stereocenters. The molecule has 0 radical (unpaired) electrons. The Labute approximate surface area is 87.5 Å². The highest BCUT2D eigenvalue weighted by atomic mass is 16.3.